The summed E-state index contributed by atoms with van der Waals surface area (Å²) in [6.07, 6.45) is 3.93. The lowest BCUT2D eigenvalue weighted by Gasteiger charge is -2.34. The Morgan fingerprint density at radius 1 is 1.38 bits per heavy atom. The van der Waals surface area contributed by atoms with E-state index >= 15 is 0 Å². The van der Waals surface area contributed by atoms with Gasteiger partial charge in [0.1, 0.15) is 0 Å². The van der Waals surface area contributed by atoms with Crippen LogP contribution in [0.5, 0.6) is 11.5 Å². The fourth-order valence-electron chi connectivity index (χ4n) is 3.09. The van der Waals surface area contributed by atoms with Crippen molar-refractivity contribution in [1.82, 2.24) is 0 Å². The fourth-order valence-corrected chi connectivity index (χ4v) is 3.74. The summed E-state index contributed by atoms with van der Waals surface area (Å²) in [7, 11) is 1.38. The van der Waals surface area contributed by atoms with Gasteiger partial charge in [-0.05, 0) is 37.8 Å². The molecule has 0 N–H and O–H groups in total. The summed E-state index contributed by atoms with van der Waals surface area (Å²) >= 11 is 3.55. The van der Waals surface area contributed by atoms with Crippen molar-refractivity contribution >= 4 is 21.9 Å². The monoisotopic (exact) mass is 354 g/mol. The predicted octanol–water partition coefficient (Wildman–Crippen LogP) is 3.83. The number of methoxy groups -OCH3 is 1. The summed E-state index contributed by atoms with van der Waals surface area (Å²) in [5.41, 5.74) is 1.32. The molecule has 21 heavy (non-hydrogen) atoms. The molecule has 1 spiro atoms. The highest BCUT2D eigenvalue weighted by molar-refractivity contribution is 9.09. The molecule has 0 aromatic heterocycles. The van der Waals surface area contributed by atoms with Crippen LogP contribution in [-0.4, -0.2) is 24.2 Å². The Morgan fingerprint density at radius 2 is 2.10 bits per heavy atom. The first-order valence-corrected chi connectivity index (χ1v) is 8.36. The van der Waals surface area contributed by atoms with Crippen molar-refractivity contribution in [2.45, 2.75) is 38.4 Å². The van der Waals surface area contributed by atoms with Gasteiger partial charge in [0.25, 0.3) is 5.79 Å². The zero-order valence-corrected chi connectivity index (χ0v) is 13.9. The topological polar surface area (TPSA) is 44.8 Å². The van der Waals surface area contributed by atoms with Gasteiger partial charge in [0.15, 0.2) is 11.5 Å². The van der Waals surface area contributed by atoms with Crippen LogP contribution in [0, 0.1) is 12.8 Å². The van der Waals surface area contributed by atoms with Gasteiger partial charge in [-0.15, -0.1) is 0 Å². The summed E-state index contributed by atoms with van der Waals surface area (Å²) in [5.74, 6) is 1.23. The van der Waals surface area contributed by atoms with Crippen molar-refractivity contribution in [1.29, 1.82) is 0 Å². The van der Waals surface area contributed by atoms with Crippen LogP contribution in [0.4, 0.5) is 0 Å². The third-order valence-electron chi connectivity index (χ3n) is 4.44. The SMILES string of the molecule is COC(=O)c1ccc2c(c1C)OC1(CCC(CBr)CC1)O2. The van der Waals surface area contributed by atoms with Crippen molar-refractivity contribution in [3.8, 4) is 11.5 Å². The van der Waals surface area contributed by atoms with Crippen molar-refractivity contribution in [3.05, 3.63) is 23.3 Å². The second-order valence-corrected chi connectivity index (χ2v) is 6.42. The number of hydrogen-bond acceptors (Lipinski definition) is 4. The van der Waals surface area contributed by atoms with Crippen LogP contribution in [0.25, 0.3) is 0 Å². The van der Waals surface area contributed by atoms with Gasteiger partial charge in [-0.3, -0.25) is 0 Å². The Balaban J connectivity index is 1.85. The van der Waals surface area contributed by atoms with Crippen molar-refractivity contribution in [2.75, 3.05) is 12.4 Å². The van der Waals surface area contributed by atoms with Gasteiger partial charge >= 0.3 is 5.97 Å². The minimum absolute atomic E-state index is 0.345. The Morgan fingerprint density at radius 3 is 2.71 bits per heavy atom. The van der Waals surface area contributed by atoms with Gasteiger partial charge in [0, 0.05) is 23.7 Å². The molecular formula is C16H19BrO4. The highest BCUT2D eigenvalue weighted by Gasteiger charge is 2.45. The Hall–Kier alpha value is -1.23. The average Bonchev–Trinajstić information content (AvgIpc) is 2.87. The zero-order valence-electron chi connectivity index (χ0n) is 12.3. The first-order valence-electron chi connectivity index (χ1n) is 7.24. The van der Waals surface area contributed by atoms with Crippen molar-refractivity contribution < 1.29 is 19.0 Å². The van der Waals surface area contributed by atoms with Crippen LogP contribution in [0.3, 0.4) is 0 Å². The molecule has 0 amide bonds. The maximum absolute atomic E-state index is 11.8. The minimum atomic E-state index is -0.541. The number of carbonyl (C=O) groups excluding carboxylic acids is 1. The van der Waals surface area contributed by atoms with Crippen LogP contribution in [0.1, 0.15) is 41.6 Å². The van der Waals surface area contributed by atoms with E-state index in [1.807, 2.05) is 6.92 Å². The molecule has 1 aliphatic heterocycles. The summed E-state index contributed by atoms with van der Waals surface area (Å²) in [5, 5.41) is 1.03. The lowest BCUT2D eigenvalue weighted by molar-refractivity contribution is -0.112. The van der Waals surface area contributed by atoms with Crippen LogP contribution < -0.4 is 9.47 Å². The molecule has 0 bridgehead atoms. The molecule has 0 unspecified atom stereocenters. The number of fused-ring (bicyclic) bond motifs is 1. The number of rotatable bonds is 2. The number of ether oxygens (including phenoxy) is 3. The fraction of sp³-hybridized carbons (Fsp3) is 0.562. The molecule has 1 aromatic carbocycles. The quantitative estimate of drug-likeness (QED) is 0.597. The zero-order chi connectivity index (χ0) is 15.0. The first kappa shape index (κ1) is 14.7. The summed E-state index contributed by atoms with van der Waals surface area (Å²) in [4.78, 5) is 11.8. The number of benzene rings is 1. The molecule has 1 aliphatic carbocycles. The molecule has 2 aliphatic rings. The molecule has 3 rings (SSSR count). The Kier molecular flexibility index (Phi) is 3.86. The van der Waals surface area contributed by atoms with Gasteiger partial charge in [-0.1, -0.05) is 15.9 Å². The highest BCUT2D eigenvalue weighted by Crippen LogP contribution is 2.48. The second kappa shape index (κ2) is 5.52. The largest absolute Gasteiger partial charge is 0.465 e. The van der Waals surface area contributed by atoms with Crippen LogP contribution in [0.15, 0.2) is 12.1 Å². The van der Waals surface area contributed by atoms with E-state index in [0.29, 0.717) is 17.2 Å². The maximum atomic E-state index is 11.8. The van der Waals surface area contributed by atoms with E-state index in [-0.39, 0.29) is 5.97 Å². The van der Waals surface area contributed by atoms with Crippen LogP contribution in [-0.2, 0) is 4.74 Å². The number of alkyl halides is 1. The third kappa shape index (κ3) is 2.52. The summed E-state index contributed by atoms with van der Waals surface area (Å²) in [6.45, 7) is 1.87. The first-order chi connectivity index (χ1) is 10.1. The second-order valence-electron chi connectivity index (χ2n) is 5.77. The van der Waals surface area contributed by atoms with Gasteiger partial charge in [0.05, 0.1) is 12.7 Å². The van der Waals surface area contributed by atoms with Gasteiger partial charge < -0.3 is 14.2 Å². The molecule has 0 saturated heterocycles. The van der Waals surface area contributed by atoms with Gasteiger partial charge in [-0.25, -0.2) is 4.79 Å². The van der Waals surface area contributed by atoms with E-state index in [1.54, 1.807) is 12.1 Å². The van der Waals surface area contributed by atoms with E-state index in [2.05, 4.69) is 15.9 Å². The predicted molar refractivity (Wildman–Crippen MR) is 82.3 cm³/mol. The molecule has 1 aromatic rings. The molecular weight excluding hydrogens is 336 g/mol. The molecule has 1 fully saturated rings. The lowest BCUT2D eigenvalue weighted by atomic mass is 9.86. The number of halogens is 1. The molecule has 1 saturated carbocycles. The molecule has 1 heterocycles. The standard InChI is InChI=1S/C16H19BrO4/c1-10-12(15(18)19-2)3-4-13-14(10)21-16(20-13)7-5-11(9-17)6-8-16/h3-4,11H,5-9H2,1-2H3. The Labute approximate surface area is 132 Å². The van der Waals surface area contributed by atoms with Crippen molar-refractivity contribution in [2.24, 2.45) is 5.92 Å². The molecule has 5 heteroatoms. The van der Waals surface area contributed by atoms with Gasteiger partial charge in [-0.2, -0.15) is 0 Å². The lowest BCUT2D eigenvalue weighted by Crippen LogP contribution is -2.42. The minimum Gasteiger partial charge on any atom is -0.465 e. The van der Waals surface area contributed by atoms with Gasteiger partial charge in [0.2, 0.25) is 0 Å². The smallest absolute Gasteiger partial charge is 0.338 e. The van der Waals surface area contributed by atoms with E-state index in [0.717, 1.165) is 42.3 Å². The maximum Gasteiger partial charge on any atom is 0.338 e. The third-order valence-corrected chi connectivity index (χ3v) is 5.36. The average molecular weight is 355 g/mol. The number of carbonyl (C=O) groups is 1. The van der Waals surface area contributed by atoms with Crippen molar-refractivity contribution in [3.63, 3.8) is 0 Å². The molecule has 0 radical (unpaired) electrons. The van der Waals surface area contributed by atoms with E-state index in [1.165, 1.54) is 7.11 Å². The Bertz CT molecular complexity index is 562. The van der Waals surface area contributed by atoms with E-state index < -0.39 is 5.79 Å². The number of esters is 1. The molecule has 114 valence electrons. The van der Waals surface area contributed by atoms with E-state index in [9.17, 15) is 4.79 Å². The molecule has 4 nitrogen and oxygen atoms in total. The van der Waals surface area contributed by atoms with E-state index in [4.69, 9.17) is 14.2 Å². The number of hydrogen-bond donors (Lipinski definition) is 0. The normalized spacial score (nSPS) is 26.9. The summed E-state index contributed by atoms with van der Waals surface area (Å²) in [6, 6.07) is 3.55. The van der Waals surface area contributed by atoms with Crippen LogP contribution in [0.2, 0.25) is 0 Å². The molecule has 0 atom stereocenters. The van der Waals surface area contributed by atoms with Crippen LogP contribution >= 0.6 is 15.9 Å². The highest BCUT2D eigenvalue weighted by atomic mass is 79.9. The summed E-state index contributed by atoms with van der Waals surface area (Å²) < 4.78 is 17.0.